The van der Waals surface area contributed by atoms with Crippen molar-refractivity contribution < 1.29 is 4.42 Å². The van der Waals surface area contributed by atoms with Crippen LogP contribution in [0.5, 0.6) is 0 Å². The molecule has 8 aromatic carbocycles. The van der Waals surface area contributed by atoms with E-state index in [4.69, 9.17) is 4.42 Å². The number of rotatable bonds is 5. The van der Waals surface area contributed by atoms with Crippen LogP contribution in [-0.4, -0.2) is 4.57 Å². The standard InChI is InChI=1S/C48H30N2OS/c1-2-10-33(11-3-1)50-43-15-7-4-12-37(43)38-25-23-35(29-44(38)50)49(36-24-26-41-40-14-6-9-17-47(40)52-48(41)30-36)34-21-18-31(19-22-34)32-20-27-46-42(28-32)39-13-5-8-16-45(39)51-46/h1-30H. The van der Waals surface area contributed by atoms with E-state index in [-0.39, 0.29) is 0 Å². The molecule has 0 unspecified atom stereocenters. The molecular weight excluding hydrogens is 653 g/mol. The van der Waals surface area contributed by atoms with Crippen LogP contribution in [0.1, 0.15) is 0 Å². The Bertz CT molecular complexity index is 3130. The van der Waals surface area contributed by atoms with Gasteiger partial charge in [-0.05, 0) is 90.0 Å². The zero-order valence-electron chi connectivity index (χ0n) is 28.0. The van der Waals surface area contributed by atoms with Crippen molar-refractivity contribution >= 4 is 92.3 Å². The summed E-state index contributed by atoms with van der Waals surface area (Å²) in [5.74, 6) is 0. The molecule has 0 aliphatic carbocycles. The molecule has 0 radical (unpaired) electrons. The Kier molecular flexibility index (Phi) is 6.42. The number of hydrogen-bond donors (Lipinski definition) is 0. The van der Waals surface area contributed by atoms with E-state index >= 15 is 0 Å². The van der Waals surface area contributed by atoms with Crippen LogP contribution in [0.15, 0.2) is 186 Å². The maximum absolute atomic E-state index is 6.12. The third-order valence-corrected chi connectivity index (χ3v) is 11.5. The Hall–Kier alpha value is -6.62. The average Bonchev–Trinajstić information content (AvgIpc) is 3.87. The first-order valence-corrected chi connectivity index (χ1v) is 18.4. The highest BCUT2D eigenvalue weighted by Gasteiger charge is 2.19. The smallest absolute Gasteiger partial charge is 0.135 e. The van der Waals surface area contributed by atoms with Gasteiger partial charge in [-0.1, -0.05) is 103 Å². The third kappa shape index (κ3) is 4.51. The molecule has 11 rings (SSSR count). The fraction of sp³-hybridized carbons (Fsp3) is 0. The van der Waals surface area contributed by atoms with Crippen molar-refractivity contribution in [3.05, 3.63) is 182 Å². The number of para-hydroxylation sites is 3. The Morgan fingerprint density at radius 2 is 1.00 bits per heavy atom. The van der Waals surface area contributed by atoms with Gasteiger partial charge in [0.15, 0.2) is 0 Å². The highest BCUT2D eigenvalue weighted by atomic mass is 32.1. The largest absolute Gasteiger partial charge is 0.456 e. The molecule has 0 N–H and O–H groups in total. The zero-order valence-corrected chi connectivity index (χ0v) is 28.8. The summed E-state index contributed by atoms with van der Waals surface area (Å²) in [7, 11) is 0. The maximum atomic E-state index is 6.12. The number of anilines is 3. The molecule has 52 heavy (non-hydrogen) atoms. The number of aromatic nitrogens is 1. The fourth-order valence-corrected chi connectivity index (χ4v) is 9.10. The number of hydrogen-bond acceptors (Lipinski definition) is 3. The number of nitrogens with zero attached hydrogens (tertiary/aromatic N) is 2. The van der Waals surface area contributed by atoms with E-state index in [0.29, 0.717) is 0 Å². The Morgan fingerprint density at radius 1 is 0.385 bits per heavy atom. The molecule has 11 aromatic rings. The van der Waals surface area contributed by atoms with E-state index in [9.17, 15) is 0 Å². The van der Waals surface area contributed by atoms with Gasteiger partial charge in [0, 0.05) is 64.5 Å². The molecule has 4 heteroatoms. The quantitative estimate of drug-likeness (QED) is 0.180. The van der Waals surface area contributed by atoms with Gasteiger partial charge in [-0.3, -0.25) is 0 Å². The third-order valence-electron chi connectivity index (χ3n) is 10.4. The summed E-state index contributed by atoms with van der Waals surface area (Å²) < 4.78 is 11.1. The summed E-state index contributed by atoms with van der Waals surface area (Å²) in [6.45, 7) is 0. The summed E-state index contributed by atoms with van der Waals surface area (Å²) in [6.07, 6.45) is 0. The van der Waals surface area contributed by atoms with Gasteiger partial charge in [0.2, 0.25) is 0 Å². The minimum Gasteiger partial charge on any atom is -0.456 e. The highest BCUT2D eigenvalue weighted by Crippen LogP contribution is 2.43. The van der Waals surface area contributed by atoms with Gasteiger partial charge in [0.1, 0.15) is 11.2 Å². The normalized spacial score (nSPS) is 11.8. The van der Waals surface area contributed by atoms with Crippen LogP contribution in [0, 0.1) is 0 Å². The van der Waals surface area contributed by atoms with Gasteiger partial charge in [-0.2, -0.15) is 0 Å². The van der Waals surface area contributed by atoms with Crippen molar-refractivity contribution in [2.75, 3.05) is 4.90 Å². The topological polar surface area (TPSA) is 21.3 Å². The van der Waals surface area contributed by atoms with Crippen molar-refractivity contribution in [1.82, 2.24) is 4.57 Å². The second-order valence-electron chi connectivity index (χ2n) is 13.4. The molecule has 0 amide bonds. The lowest BCUT2D eigenvalue weighted by Gasteiger charge is -2.26. The monoisotopic (exact) mass is 682 g/mol. The molecule has 0 saturated heterocycles. The van der Waals surface area contributed by atoms with Crippen molar-refractivity contribution in [1.29, 1.82) is 0 Å². The second kappa shape index (κ2) is 11.5. The Labute approximate surface area is 303 Å². The van der Waals surface area contributed by atoms with Crippen LogP contribution in [0.3, 0.4) is 0 Å². The molecule has 3 aromatic heterocycles. The minimum atomic E-state index is 0.910. The van der Waals surface area contributed by atoms with Gasteiger partial charge in [0.25, 0.3) is 0 Å². The lowest BCUT2D eigenvalue weighted by molar-refractivity contribution is 0.669. The number of thiophene rings is 1. The fourth-order valence-electron chi connectivity index (χ4n) is 7.96. The first-order valence-electron chi connectivity index (χ1n) is 17.6. The van der Waals surface area contributed by atoms with Crippen LogP contribution in [-0.2, 0) is 0 Å². The highest BCUT2D eigenvalue weighted by molar-refractivity contribution is 7.25. The van der Waals surface area contributed by atoms with Gasteiger partial charge in [-0.25, -0.2) is 0 Å². The van der Waals surface area contributed by atoms with Crippen LogP contribution in [0.25, 0.3) is 80.7 Å². The van der Waals surface area contributed by atoms with Crippen LogP contribution in [0.2, 0.25) is 0 Å². The summed E-state index contributed by atoms with van der Waals surface area (Å²) in [5.41, 5.74) is 11.0. The van der Waals surface area contributed by atoms with Crippen LogP contribution >= 0.6 is 11.3 Å². The van der Waals surface area contributed by atoms with E-state index in [2.05, 4.69) is 179 Å². The number of benzene rings is 8. The minimum absolute atomic E-state index is 0.910. The molecule has 244 valence electrons. The molecule has 0 spiro atoms. The summed E-state index contributed by atoms with van der Waals surface area (Å²) in [6, 6.07) is 65.6. The van der Waals surface area contributed by atoms with E-state index in [1.54, 1.807) is 0 Å². The maximum Gasteiger partial charge on any atom is 0.135 e. The SMILES string of the molecule is c1ccc(-n2c3ccccc3c3ccc(N(c4ccc(-c5ccc6oc7ccccc7c6c5)cc4)c4ccc5c(c4)sc4ccccc45)cc32)cc1. The molecule has 0 atom stereocenters. The molecule has 3 heterocycles. The molecule has 3 nitrogen and oxygen atoms in total. The van der Waals surface area contributed by atoms with E-state index in [0.717, 1.165) is 55.8 Å². The van der Waals surface area contributed by atoms with Crippen LogP contribution < -0.4 is 4.90 Å². The van der Waals surface area contributed by atoms with Gasteiger partial charge >= 0.3 is 0 Å². The predicted molar refractivity (Wildman–Crippen MR) is 221 cm³/mol. The molecule has 0 fully saturated rings. The summed E-state index contributed by atoms with van der Waals surface area (Å²) in [5, 5.41) is 7.36. The van der Waals surface area contributed by atoms with Crippen molar-refractivity contribution in [3.63, 3.8) is 0 Å². The number of fused-ring (bicyclic) bond motifs is 9. The van der Waals surface area contributed by atoms with Gasteiger partial charge in [-0.15, -0.1) is 11.3 Å². The van der Waals surface area contributed by atoms with E-state index in [1.807, 2.05) is 23.5 Å². The molecule has 0 saturated carbocycles. The average molecular weight is 683 g/mol. The molecule has 0 bridgehead atoms. The van der Waals surface area contributed by atoms with E-state index in [1.165, 1.54) is 42.0 Å². The Balaban J connectivity index is 1.09. The lowest BCUT2D eigenvalue weighted by Crippen LogP contribution is -2.10. The number of furan rings is 1. The molecule has 0 aliphatic heterocycles. The predicted octanol–water partition coefficient (Wildman–Crippen LogP) is 14.2. The summed E-state index contributed by atoms with van der Waals surface area (Å²) in [4.78, 5) is 2.40. The van der Waals surface area contributed by atoms with Gasteiger partial charge in [0.05, 0.1) is 11.0 Å². The Morgan fingerprint density at radius 3 is 1.87 bits per heavy atom. The van der Waals surface area contributed by atoms with Crippen molar-refractivity contribution in [3.8, 4) is 16.8 Å². The first kappa shape index (κ1) is 29.1. The van der Waals surface area contributed by atoms with Crippen molar-refractivity contribution in [2.24, 2.45) is 0 Å². The first-order chi connectivity index (χ1) is 25.8. The van der Waals surface area contributed by atoms with Crippen LogP contribution in [0.4, 0.5) is 17.1 Å². The lowest BCUT2D eigenvalue weighted by atomic mass is 10.0. The second-order valence-corrected chi connectivity index (χ2v) is 14.4. The molecular formula is C48H30N2OS. The summed E-state index contributed by atoms with van der Waals surface area (Å²) >= 11 is 1.85. The molecule has 0 aliphatic rings. The zero-order chi connectivity index (χ0) is 34.2. The van der Waals surface area contributed by atoms with E-state index < -0.39 is 0 Å². The van der Waals surface area contributed by atoms with Crippen molar-refractivity contribution in [2.45, 2.75) is 0 Å². The van der Waals surface area contributed by atoms with Gasteiger partial charge < -0.3 is 13.9 Å².